The van der Waals surface area contributed by atoms with Gasteiger partial charge in [-0.1, -0.05) is 67.1 Å². The number of hydrogen-bond donors (Lipinski definition) is 1. The molecule has 0 spiro atoms. The number of hydrogen-bond acceptors (Lipinski definition) is 6. The second-order valence-electron chi connectivity index (χ2n) is 8.41. The Morgan fingerprint density at radius 1 is 1.08 bits per heavy atom. The molecule has 3 aromatic carbocycles. The van der Waals surface area contributed by atoms with Crippen molar-refractivity contribution < 1.29 is 23.8 Å². The molecular weight excluding hydrogens is 479 g/mol. The summed E-state index contributed by atoms with van der Waals surface area (Å²) in [5.41, 5.74) is 1.52. The zero-order valence-corrected chi connectivity index (χ0v) is 20.3. The lowest BCUT2D eigenvalue weighted by atomic mass is 9.95. The quantitative estimate of drug-likeness (QED) is 0.140. The normalized spacial score (nSPS) is 17.2. The van der Waals surface area contributed by atoms with Gasteiger partial charge in [0, 0.05) is 5.56 Å². The molecule has 0 bridgehead atoms. The maximum atomic E-state index is 13.8. The molecule has 1 saturated heterocycles. The Balaban J connectivity index is 1.63. The lowest BCUT2D eigenvalue weighted by Gasteiger charge is -2.23. The van der Waals surface area contributed by atoms with Gasteiger partial charge in [-0.3, -0.25) is 14.5 Å². The van der Waals surface area contributed by atoms with Crippen LogP contribution in [0.2, 0.25) is 0 Å². The van der Waals surface area contributed by atoms with Gasteiger partial charge in [-0.2, -0.15) is 0 Å². The number of ether oxygens (including phenoxy) is 1. The van der Waals surface area contributed by atoms with E-state index in [-0.39, 0.29) is 16.5 Å². The first kappa shape index (κ1) is 23.7. The van der Waals surface area contributed by atoms with E-state index in [0.29, 0.717) is 33.7 Å². The Morgan fingerprint density at radius 3 is 2.56 bits per heavy atom. The average molecular weight is 503 g/mol. The van der Waals surface area contributed by atoms with Crippen molar-refractivity contribution >= 4 is 44.1 Å². The summed E-state index contributed by atoms with van der Waals surface area (Å²) >= 11 is 1.11. The number of rotatable bonds is 7. The Hall–Kier alpha value is -4.04. The highest BCUT2D eigenvalue weighted by Crippen LogP contribution is 2.44. The Bertz CT molecular complexity index is 1460. The van der Waals surface area contributed by atoms with Gasteiger partial charge in [0.2, 0.25) is 0 Å². The number of aliphatic hydroxyl groups is 1. The van der Waals surface area contributed by atoms with Crippen molar-refractivity contribution in [3.63, 3.8) is 0 Å². The molecule has 1 amide bonds. The second kappa shape index (κ2) is 9.91. The van der Waals surface area contributed by atoms with Gasteiger partial charge in [0.15, 0.2) is 5.13 Å². The molecule has 1 atom stereocenters. The summed E-state index contributed by atoms with van der Waals surface area (Å²) < 4.78 is 20.1. The van der Waals surface area contributed by atoms with Crippen LogP contribution in [0.3, 0.4) is 0 Å². The minimum Gasteiger partial charge on any atom is -0.507 e. The van der Waals surface area contributed by atoms with E-state index in [0.717, 1.165) is 24.2 Å². The molecule has 5 rings (SSSR count). The average Bonchev–Trinajstić information content (AvgIpc) is 3.42. The second-order valence-corrected chi connectivity index (χ2v) is 9.42. The SMILES string of the molecule is CCCCOc1ccc(C2C(=C(O)c3ccccc3)C(=O)C(=O)N2c2nc3ccc(F)cc3s2)cc1. The van der Waals surface area contributed by atoms with E-state index in [1.165, 1.54) is 23.1 Å². The molecule has 1 fully saturated rings. The number of aromatic nitrogens is 1. The first-order valence-electron chi connectivity index (χ1n) is 11.6. The number of ketones is 1. The molecule has 0 radical (unpaired) electrons. The molecule has 1 aromatic heterocycles. The standard InChI is InChI=1S/C28H23FN2O4S/c1-2-3-15-35-20-12-9-17(10-13-20)24-23(25(32)18-7-5-4-6-8-18)26(33)27(34)31(24)28-30-21-14-11-19(29)16-22(21)36-28/h4-14,16,24,32H,2-3,15H2,1H3. The third-order valence-corrected chi connectivity index (χ3v) is 7.02. The number of halogens is 1. The minimum atomic E-state index is -0.916. The molecule has 1 unspecified atom stereocenters. The van der Waals surface area contributed by atoms with Crippen LogP contribution in [-0.4, -0.2) is 28.4 Å². The molecule has 0 saturated carbocycles. The molecule has 1 aliphatic rings. The topological polar surface area (TPSA) is 79.7 Å². The lowest BCUT2D eigenvalue weighted by Crippen LogP contribution is -2.29. The van der Waals surface area contributed by atoms with Crippen molar-refractivity contribution in [3.05, 3.63) is 95.3 Å². The Labute approximate surface area is 211 Å². The largest absolute Gasteiger partial charge is 0.507 e. The number of Topliss-reactive ketones (excluding diaryl/α,β-unsaturated/α-hetero) is 1. The van der Waals surface area contributed by atoms with Crippen LogP contribution in [0.1, 0.15) is 36.9 Å². The van der Waals surface area contributed by atoms with E-state index in [2.05, 4.69) is 11.9 Å². The van der Waals surface area contributed by atoms with Crippen LogP contribution in [0.15, 0.2) is 78.4 Å². The van der Waals surface area contributed by atoms with E-state index in [1.54, 1.807) is 54.6 Å². The molecule has 1 aliphatic heterocycles. The molecule has 4 aromatic rings. The smallest absolute Gasteiger partial charge is 0.301 e. The number of thiazole rings is 1. The summed E-state index contributed by atoms with van der Waals surface area (Å²) in [6.07, 6.45) is 1.94. The number of fused-ring (bicyclic) bond motifs is 1. The molecule has 1 N–H and O–H groups in total. The first-order chi connectivity index (χ1) is 17.5. The molecule has 182 valence electrons. The van der Waals surface area contributed by atoms with Gasteiger partial charge >= 0.3 is 5.91 Å². The summed E-state index contributed by atoms with van der Waals surface area (Å²) in [5, 5.41) is 11.4. The molecule has 6 nitrogen and oxygen atoms in total. The molecule has 8 heteroatoms. The van der Waals surface area contributed by atoms with E-state index in [1.807, 2.05) is 0 Å². The van der Waals surface area contributed by atoms with Crippen molar-refractivity contribution in [1.29, 1.82) is 0 Å². The Kier molecular flexibility index (Phi) is 6.52. The number of anilines is 1. The van der Waals surface area contributed by atoms with Crippen molar-refractivity contribution in [2.75, 3.05) is 11.5 Å². The number of benzene rings is 3. The third kappa shape index (κ3) is 4.35. The highest BCUT2D eigenvalue weighted by molar-refractivity contribution is 7.22. The van der Waals surface area contributed by atoms with Gasteiger partial charge in [-0.05, 0) is 42.3 Å². The van der Waals surface area contributed by atoms with Crippen LogP contribution in [0.5, 0.6) is 5.75 Å². The predicted octanol–water partition coefficient (Wildman–Crippen LogP) is 6.24. The molecule has 36 heavy (non-hydrogen) atoms. The van der Waals surface area contributed by atoms with Crippen molar-refractivity contribution in [1.82, 2.24) is 4.98 Å². The van der Waals surface area contributed by atoms with Gasteiger partial charge in [0.05, 0.1) is 28.4 Å². The highest BCUT2D eigenvalue weighted by Gasteiger charge is 2.48. The zero-order valence-electron chi connectivity index (χ0n) is 19.5. The van der Waals surface area contributed by atoms with Crippen LogP contribution in [0.25, 0.3) is 16.0 Å². The van der Waals surface area contributed by atoms with Crippen molar-refractivity contribution in [3.8, 4) is 5.75 Å². The van der Waals surface area contributed by atoms with Crippen LogP contribution in [0.4, 0.5) is 9.52 Å². The fraction of sp³-hybridized carbons (Fsp3) is 0.179. The number of carbonyl (C=O) groups is 2. The molecule has 0 aliphatic carbocycles. The van der Waals surface area contributed by atoms with Crippen LogP contribution in [-0.2, 0) is 9.59 Å². The van der Waals surface area contributed by atoms with Gasteiger partial charge < -0.3 is 9.84 Å². The van der Waals surface area contributed by atoms with Crippen LogP contribution in [0, 0.1) is 5.82 Å². The van der Waals surface area contributed by atoms with Crippen LogP contribution < -0.4 is 9.64 Å². The zero-order chi connectivity index (χ0) is 25.2. The summed E-state index contributed by atoms with van der Waals surface area (Å²) in [6.45, 7) is 2.67. The molecule has 2 heterocycles. The summed E-state index contributed by atoms with van der Waals surface area (Å²) in [7, 11) is 0. The number of nitrogens with zero attached hydrogens (tertiary/aromatic N) is 2. The van der Waals surface area contributed by atoms with Gasteiger partial charge in [-0.15, -0.1) is 0 Å². The van der Waals surface area contributed by atoms with E-state index < -0.39 is 23.5 Å². The minimum absolute atomic E-state index is 0.0312. The van der Waals surface area contributed by atoms with E-state index in [4.69, 9.17) is 4.74 Å². The molecular formula is C28H23FN2O4S. The first-order valence-corrected chi connectivity index (χ1v) is 12.4. The lowest BCUT2D eigenvalue weighted by molar-refractivity contribution is -0.132. The Morgan fingerprint density at radius 2 is 1.83 bits per heavy atom. The summed E-state index contributed by atoms with van der Waals surface area (Å²) in [5.74, 6) is -1.63. The fourth-order valence-electron chi connectivity index (χ4n) is 4.17. The summed E-state index contributed by atoms with van der Waals surface area (Å²) in [4.78, 5) is 32.4. The maximum Gasteiger partial charge on any atom is 0.301 e. The summed E-state index contributed by atoms with van der Waals surface area (Å²) in [6, 6.07) is 19.0. The van der Waals surface area contributed by atoms with Crippen molar-refractivity contribution in [2.24, 2.45) is 0 Å². The predicted molar refractivity (Wildman–Crippen MR) is 138 cm³/mol. The van der Waals surface area contributed by atoms with Gasteiger partial charge in [0.25, 0.3) is 5.78 Å². The number of aliphatic hydroxyl groups excluding tert-OH is 1. The van der Waals surface area contributed by atoms with Gasteiger partial charge in [-0.25, -0.2) is 9.37 Å². The maximum absolute atomic E-state index is 13.8. The fourth-order valence-corrected chi connectivity index (χ4v) is 5.18. The van der Waals surface area contributed by atoms with Gasteiger partial charge in [0.1, 0.15) is 17.3 Å². The van der Waals surface area contributed by atoms with E-state index in [9.17, 15) is 19.1 Å². The van der Waals surface area contributed by atoms with Crippen molar-refractivity contribution in [2.45, 2.75) is 25.8 Å². The van der Waals surface area contributed by atoms with E-state index >= 15 is 0 Å². The monoisotopic (exact) mass is 502 g/mol. The van der Waals surface area contributed by atoms with Crippen LogP contribution >= 0.6 is 11.3 Å². The third-order valence-electron chi connectivity index (χ3n) is 6.00. The number of carbonyl (C=O) groups excluding carboxylic acids is 2. The highest BCUT2D eigenvalue weighted by atomic mass is 32.1. The number of amides is 1. The number of unbranched alkanes of at least 4 members (excludes halogenated alkanes) is 1.